The fourth-order valence-corrected chi connectivity index (χ4v) is 1.46. The van der Waals surface area contributed by atoms with Crippen molar-refractivity contribution in [1.29, 1.82) is 0 Å². The number of ether oxygens (including phenoxy) is 1. The second kappa shape index (κ2) is 5.44. The van der Waals surface area contributed by atoms with Crippen molar-refractivity contribution in [1.82, 2.24) is 9.97 Å². The van der Waals surface area contributed by atoms with Crippen molar-refractivity contribution in [2.75, 3.05) is 11.9 Å². The Kier molecular flexibility index (Phi) is 3.72. The van der Waals surface area contributed by atoms with Crippen LogP contribution in [-0.4, -0.2) is 16.5 Å². The van der Waals surface area contributed by atoms with Crippen LogP contribution in [-0.2, 0) is 0 Å². The first-order chi connectivity index (χ1) is 8.69. The zero-order valence-corrected chi connectivity index (χ0v) is 10.3. The number of anilines is 1. The summed E-state index contributed by atoms with van der Waals surface area (Å²) in [4.78, 5) is 7.78. The summed E-state index contributed by atoms with van der Waals surface area (Å²) in [7, 11) is 0. The molecule has 4 nitrogen and oxygen atoms in total. The molecule has 0 atom stereocenters. The number of aryl methyl sites for hydroxylation is 1. The van der Waals surface area contributed by atoms with Gasteiger partial charge in [-0.15, -0.1) is 0 Å². The van der Waals surface area contributed by atoms with Crippen molar-refractivity contribution < 1.29 is 9.13 Å². The first-order valence-electron chi connectivity index (χ1n) is 5.70. The van der Waals surface area contributed by atoms with Crippen molar-refractivity contribution in [2.24, 2.45) is 0 Å². The minimum absolute atomic E-state index is 0.0773. The lowest BCUT2D eigenvalue weighted by Crippen LogP contribution is -2.04. The lowest BCUT2D eigenvalue weighted by atomic mass is 10.2. The lowest BCUT2D eigenvalue weighted by Gasteiger charge is -2.08. The summed E-state index contributed by atoms with van der Waals surface area (Å²) >= 11 is 0. The van der Waals surface area contributed by atoms with Gasteiger partial charge in [0.2, 0.25) is 11.8 Å². The number of halogens is 1. The smallest absolute Gasteiger partial charge is 0.260 e. The zero-order chi connectivity index (χ0) is 13.0. The average Bonchev–Trinajstić information content (AvgIpc) is 2.34. The van der Waals surface area contributed by atoms with E-state index in [0.29, 0.717) is 18.2 Å². The quantitative estimate of drug-likeness (QED) is 0.901. The summed E-state index contributed by atoms with van der Waals surface area (Å²) in [5, 5.41) is 2.90. The summed E-state index contributed by atoms with van der Waals surface area (Å²) in [6.45, 7) is 4.51. The van der Waals surface area contributed by atoms with Gasteiger partial charge in [-0.2, -0.15) is 9.37 Å². The normalized spacial score (nSPS) is 10.2. The van der Waals surface area contributed by atoms with E-state index in [4.69, 9.17) is 4.74 Å². The largest absolute Gasteiger partial charge is 0.436 e. The van der Waals surface area contributed by atoms with Gasteiger partial charge in [0.15, 0.2) is 0 Å². The van der Waals surface area contributed by atoms with Crippen LogP contribution in [0.3, 0.4) is 0 Å². The van der Waals surface area contributed by atoms with Crippen molar-refractivity contribution >= 4 is 5.95 Å². The monoisotopic (exact) mass is 247 g/mol. The predicted molar refractivity (Wildman–Crippen MR) is 67.4 cm³/mol. The number of hydrogen-bond acceptors (Lipinski definition) is 4. The van der Waals surface area contributed by atoms with Gasteiger partial charge < -0.3 is 10.1 Å². The van der Waals surface area contributed by atoms with E-state index in [9.17, 15) is 4.39 Å². The topological polar surface area (TPSA) is 47.0 Å². The molecule has 0 aliphatic rings. The third kappa shape index (κ3) is 2.94. The Labute approximate surface area is 105 Å². The van der Waals surface area contributed by atoms with Gasteiger partial charge in [-0.3, -0.25) is 0 Å². The van der Waals surface area contributed by atoms with E-state index in [1.807, 2.05) is 32.0 Å². The molecule has 0 aliphatic heterocycles. The SMILES string of the molecule is CCNc1ncc(F)c(Oc2cccc(C)c2)n1. The van der Waals surface area contributed by atoms with E-state index in [0.717, 1.165) is 11.8 Å². The standard InChI is InChI=1S/C13H14FN3O/c1-3-15-13-16-8-11(14)12(17-13)18-10-6-4-5-9(2)7-10/h4-8H,3H2,1-2H3,(H,15,16,17). The van der Waals surface area contributed by atoms with Gasteiger partial charge in [0.05, 0.1) is 6.20 Å². The molecular formula is C13H14FN3O. The third-order valence-electron chi connectivity index (χ3n) is 2.25. The van der Waals surface area contributed by atoms with Crippen LogP contribution in [0.5, 0.6) is 11.6 Å². The van der Waals surface area contributed by atoms with Crippen molar-refractivity contribution in [2.45, 2.75) is 13.8 Å². The van der Waals surface area contributed by atoms with Gasteiger partial charge in [-0.1, -0.05) is 12.1 Å². The van der Waals surface area contributed by atoms with Crippen molar-refractivity contribution in [3.05, 3.63) is 41.8 Å². The summed E-state index contributed by atoms with van der Waals surface area (Å²) in [5.74, 6) is 0.237. The molecule has 0 bridgehead atoms. The van der Waals surface area contributed by atoms with Gasteiger partial charge in [-0.25, -0.2) is 4.98 Å². The summed E-state index contributed by atoms with van der Waals surface area (Å²) < 4.78 is 18.9. The molecule has 0 aliphatic carbocycles. The van der Waals surface area contributed by atoms with Gasteiger partial charge in [0.1, 0.15) is 5.75 Å². The molecule has 94 valence electrons. The fraction of sp³-hybridized carbons (Fsp3) is 0.231. The van der Waals surface area contributed by atoms with Gasteiger partial charge in [0.25, 0.3) is 5.88 Å². The first kappa shape index (κ1) is 12.3. The van der Waals surface area contributed by atoms with Crippen LogP contribution in [0.2, 0.25) is 0 Å². The van der Waals surface area contributed by atoms with E-state index in [-0.39, 0.29) is 5.88 Å². The maximum absolute atomic E-state index is 13.5. The molecular weight excluding hydrogens is 233 g/mol. The van der Waals surface area contributed by atoms with Crippen LogP contribution in [0.1, 0.15) is 12.5 Å². The lowest BCUT2D eigenvalue weighted by molar-refractivity contribution is 0.420. The highest BCUT2D eigenvalue weighted by Gasteiger charge is 2.09. The van der Waals surface area contributed by atoms with Gasteiger partial charge in [-0.05, 0) is 31.5 Å². The highest BCUT2D eigenvalue weighted by Crippen LogP contribution is 2.23. The van der Waals surface area contributed by atoms with Crippen molar-refractivity contribution in [3.63, 3.8) is 0 Å². The molecule has 0 unspecified atom stereocenters. The molecule has 18 heavy (non-hydrogen) atoms. The molecule has 0 saturated heterocycles. The highest BCUT2D eigenvalue weighted by atomic mass is 19.1. The van der Waals surface area contributed by atoms with E-state index in [1.54, 1.807) is 6.07 Å². The zero-order valence-electron chi connectivity index (χ0n) is 10.3. The molecule has 1 N–H and O–H groups in total. The molecule has 1 aromatic heterocycles. The van der Waals surface area contributed by atoms with Crippen LogP contribution >= 0.6 is 0 Å². The van der Waals surface area contributed by atoms with Crippen LogP contribution in [0.4, 0.5) is 10.3 Å². The minimum Gasteiger partial charge on any atom is -0.436 e. The molecule has 1 heterocycles. The summed E-state index contributed by atoms with van der Waals surface area (Å²) in [5.41, 5.74) is 1.04. The Balaban J connectivity index is 2.25. The van der Waals surface area contributed by atoms with Crippen LogP contribution in [0.15, 0.2) is 30.5 Å². The molecule has 0 radical (unpaired) electrons. The minimum atomic E-state index is -0.585. The Bertz CT molecular complexity index is 546. The summed E-state index contributed by atoms with van der Waals surface area (Å²) in [6.07, 6.45) is 1.09. The number of benzene rings is 1. The molecule has 2 rings (SSSR count). The number of hydrogen-bond donors (Lipinski definition) is 1. The van der Waals surface area contributed by atoms with Crippen LogP contribution < -0.4 is 10.1 Å². The maximum atomic E-state index is 13.5. The number of nitrogens with zero attached hydrogens (tertiary/aromatic N) is 2. The fourth-order valence-electron chi connectivity index (χ4n) is 1.46. The molecule has 0 fully saturated rings. The Morgan fingerprint density at radius 1 is 1.39 bits per heavy atom. The molecule has 1 aromatic carbocycles. The number of nitrogens with one attached hydrogen (secondary N) is 1. The van der Waals surface area contributed by atoms with E-state index < -0.39 is 5.82 Å². The second-order valence-corrected chi connectivity index (χ2v) is 3.80. The Morgan fingerprint density at radius 3 is 2.94 bits per heavy atom. The third-order valence-corrected chi connectivity index (χ3v) is 2.25. The Hall–Kier alpha value is -2.17. The maximum Gasteiger partial charge on any atom is 0.260 e. The predicted octanol–water partition coefficient (Wildman–Crippen LogP) is 3.15. The van der Waals surface area contributed by atoms with Crippen molar-refractivity contribution in [3.8, 4) is 11.6 Å². The average molecular weight is 247 g/mol. The Morgan fingerprint density at radius 2 is 2.22 bits per heavy atom. The first-order valence-corrected chi connectivity index (χ1v) is 5.70. The van der Waals surface area contributed by atoms with E-state index >= 15 is 0 Å². The summed E-state index contributed by atoms with van der Waals surface area (Å²) in [6, 6.07) is 7.35. The van der Waals surface area contributed by atoms with Crippen LogP contribution in [0.25, 0.3) is 0 Å². The molecule has 5 heteroatoms. The van der Waals surface area contributed by atoms with E-state index in [1.165, 1.54) is 0 Å². The highest BCUT2D eigenvalue weighted by molar-refractivity contribution is 5.33. The van der Waals surface area contributed by atoms with Gasteiger partial charge in [0, 0.05) is 6.54 Å². The van der Waals surface area contributed by atoms with Crippen LogP contribution in [0, 0.1) is 12.7 Å². The number of aromatic nitrogens is 2. The second-order valence-electron chi connectivity index (χ2n) is 3.80. The molecule has 2 aromatic rings. The van der Waals surface area contributed by atoms with E-state index in [2.05, 4.69) is 15.3 Å². The molecule has 0 amide bonds. The molecule has 0 spiro atoms. The van der Waals surface area contributed by atoms with Gasteiger partial charge >= 0.3 is 0 Å². The molecule has 0 saturated carbocycles. The number of rotatable bonds is 4.